The summed E-state index contributed by atoms with van der Waals surface area (Å²) in [5.74, 6) is -1.03. The van der Waals surface area contributed by atoms with Gasteiger partial charge in [0.15, 0.2) is 0 Å². The number of hydrogen-bond donors (Lipinski definition) is 0. The third-order valence-electron chi connectivity index (χ3n) is 5.00. The SMILES string of the molecule is O=C([O-])c1ccc(S(=O)(=O)N(C[C@H]2CC=CCC2)C[C@@H]2CCCO2)cc1. The summed E-state index contributed by atoms with van der Waals surface area (Å²) in [5, 5.41) is 10.9. The van der Waals surface area contributed by atoms with Crippen LogP contribution in [0.25, 0.3) is 0 Å². The summed E-state index contributed by atoms with van der Waals surface area (Å²) >= 11 is 0. The molecule has 0 saturated carbocycles. The van der Waals surface area contributed by atoms with Crippen LogP contribution in [0.2, 0.25) is 0 Å². The van der Waals surface area contributed by atoms with Gasteiger partial charge in [0.2, 0.25) is 10.0 Å². The van der Waals surface area contributed by atoms with Gasteiger partial charge < -0.3 is 14.6 Å². The van der Waals surface area contributed by atoms with E-state index < -0.39 is 16.0 Å². The molecule has 0 N–H and O–H groups in total. The minimum absolute atomic E-state index is 0.0351. The summed E-state index contributed by atoms with van der Waals surface area (Å²) in [6, 6.07) is 5.22. The Labute approximate surface area is 154 Å². The predicted octanol–water partition coefficient (Wildman–Crippen LogP) is 1.58. The van der Waals surface area contributed by atoms with Gasteiger partial charge in [0, 0.05) is 19.7 Å². The Kier molecular flexibility index (Phi) is 6.11. The van der Waals surface area contributed by atoms with Crippen LogP contribution in [0.4, 0.5) is 0 Å². The van der Waals surface area contributed by atoms with Crippen LogP contribution >= 0.6 is 0 Å². The minimum atomic E-state index is -3.71. The maximum Gasteiger partial charge on any atom is 0.243 e. The first-order valence-electron chi connectivity index (χ1n) is 9.05. The summed E-state index contributed by atoms with van der Waals surface area (Å²) in [7, 11) is -3.71. The van der Waals surface area contributed by atoms with Crippen LogP contribution in [0.3, 0.4) is 0 Å². The summed E-state index contributed by atoms with van der Waals surface area (Å²) in [6.45, 7) is 1.46. The van der Waals surface area contributed by atoms with Crippen molar-refractivity contribution in [3.05, 3.63) is 42.0 Å². The molecule has 0 aromatic heterocycles. The zero-order valence-electron chi connectivity index (χ0n) is 14.7. The second-order valence-electron chi connectivity index (χ2n) is 6.92. The Bertz CT molecular complexity index is 751. The molecule has 1 saturated heterocycles. The maximum absolute atomic E-state index is 13.2. The summed E-state index contributed by atoms with van der Waals surface area (Å²) in [4.78, 5) is 11.0. The van der Waals surface area contributed by atoms with E-state index in [0.29, 0.717) is 25.6 Å². The molecule has 0 radical (unpaired) electrons. The van der Waals surface area contributed by atoms with E-state index in [1.54, 1.807) is 0 Å². The average Bonchev–Trinajstić information content (AvgIpc) is 3.15. The molecule has 0 unspecified atom stereocenters. The fourth-order valence-electron chi connectivity index (χ4n) is 3.51. The number of nitrogens with zero attached hydrogens (tertiary/aromatic N) is 1. The van der Waals surface area contributed by atoms with E-state index in [0.717, 1.165) is 32.1 Å². The number of sulfonamides is 1. The van der Waals surface area contributed by atoms with Crippen molar-refractivity contribution in [2.75, 3.05) is 19.7 Å². The molecule has 1 aliphatic carbocycles. The van der Waals surface area contributed by atoms with Gasteiger partial charge in [-0.25, -0.2) is 8.42 Å². The van der Waals surface area contributed by atoms with E-state index in [1.165, 1.54) is 28.6 Å². The number of ether oxygens (including phenoxy) is 1. The quantitative estimate of drug-likeness (QED) is 0.672. The molecule has 1 aliphatic heterocycles. The molecule has 0 bridgehead atoms. The fraction of sp³-hybridized carbons (Fsp3) is 0.526. The topological polar surface area (TPSA) is 86.7 Å². The molecule has 0 spiro atoms. The highest BCUT2D eigenvalue weighted by Crippen LogP contribution is 2.25. The van der Waals surface area contributed by atoms with Gasteiger partial charge in [0.25, 0.3) is 0 Å². The summed E-state index contributed by atoms with van der Waals surface area (Å²) in [5.41, 5.74) is -0.0351. The second-order valence-corrected chi connectivity index (χ2v) is 8.86. The number of carbonyl (C=O) groups excluding carboxylic acids is 1. The number of aromatic carboxylic acids is 1. The first-order valence-corrected chi connectivity index (χ1v) is 10.5. The third-order valence-corrected chi connectivity index (χ3v) is 6.84. The van der Waals surface area contributed by atoms with E-state index >= 15 is 0 Å². The van der Waals surface area contributed by atoms with E-state index in [1.807, 2.05) is 0 Å². The van der Waals surface area contributed by atoms with E-state index in [4.69, 9.17) is 4.74 Å². The van der Waals surface area contributed by atoms with Crippen LogP contribution in [-0.2, 0) is 14.8 Å². The van der Waals surface area contributed by atoms with Crippen molar-refractivity contribution in [1.82, 2.24) is 4.31 Å². The number of carboxylic acids is 1. The molecule has 1 fully saturated rings. The van der Waals surface area contributed by atoms with Crippen molar-refractivity contribution in [3.8, 4) is 0 Å². The highest BCUT2D eigenvalue weighted by molar-refractivity contribution is 7.89. The van der Waals surface area contributed by atoms with Crippen molar-refractivity contribution >= 4 is 16.0 Å². The van der Waals surface area contributed by atoms with E-state index in [9.17, 15) is 18.3 Å². The highest BCUT2D eigenvalue weighted by atomic mass is 32.2. The van der Waals surface area contributed by atoms with Gasteiger partial charge in [-0.1, -0.05) is 24.3 Å². The van der Waals surface area contributed by atoms with Gasteiger partial charge in [-0.05, 0) is 55.7 Å². The maximum atomic E-state index is 13.2. The normalized spacial score (nSPS) is 23.4. The first-order chi connectivity index (χ1) is 12.5. The zero-order valence-corrected chi connectivity index (χ0v) is 15.5. The number of benzene rings is 1. The van der Waals surface area contributed by atoms with Crippen molar-refractivity contribution in [1.29, 1.82) is 0 Å². The van der Waals surface area contributed by atoms with Crippen LogP contribution in [-0.4, -0.2) is 44.5 Å². The number of carbonyl (C=O) groups is 1. The molecule has 26 heavy (non-hydrogen) atoms. The van der Waals surface area contributed by atoms with Gasteiger partial charge in [-0.15, -0.1) is 0 Å². The molecule has 1 aromatic carbocycles. The van der Waals surface area contributed by atoms with E-state index in [2.05, 4.69) is 12.2 Å². The second kappa shape index (κ2) is 8.33. The number of allylic oxidation sites excluding steroid dienone is 2. The number of rotatable bonds is 7. The van der Waals surface area contributed by atoms with E-state index in [-0.39, 0.29) is 16.6 Å². The standard InChI is InChI=1S/C19H25NO5S/c21-19(22)16-8-10-18(11-9-16)26(23,24)20(14-17-7-4-12-25-17)13-15-5-2-1-3-6-15/h1-2,8-11,15,17H,3-7,12-14H2,(H,21,22)/p-1/t15-,17-/m0/s1. The summed E-state index contributed by atoms with van der Waals surface area (Å²) in [6.07, 6.45) is 8.79. The molecular formula is C19H24NO5S-. The van der Waals surface area contributed by atoms with Crippen molar-refractivity contribution in [3.63, 3.8) is 0 Å². The largest absolute Gasteiger partial charge is 0.545 e. The van der Waals surface area contributed by atoms with Crippen LogP contribution in [0.1, 0.15) is 42.5 Å². The van der Waals surface area contributed by atoms with Gasteiger partial charge in [-0.2, -0.15) is 4.31 Å². The molecule has 6 nitrogen and oxygen atoms in total. The number of hydrogen-bond acceptors (Lipinski definition) is 5. The van der Waals surface area contributed by atoms with Crippen molar-refractivity contribution in [2.45, 2.75) is 43.1 Å². The Morgan fingerprint density at radius 2 is 1.92 bits per heavy atom. The molecule has 2 aliphatic rings. The van der Waals surface area contributed by atoms with Crippen molar-refractivity contribution < 1.29 is 23.1 Å². The minimum Gasteiger partial charge on any atom is -0.545 e. The van der Waals surface area contributed by atoms with Gasteiger partial charge in [-0.3, -0.25) is 0 Å². The molecule has 3 rings (SSSR count). The monoisotopic (exact) mass is 378 g/mol. The van der Waals surface area contributed by atoms with Gasteiger partial charge >= 0.3 is 0 Å². The lowest BCUT2D eigenvalue weighted by Crippen LogP contribution is -2.40. The summed E-state index contributed by atoms with van der Waals surface area (Å²) < 4.78 is 33.5. The van der Waals surface area contributed by atoms with Crippen LogP contribution in [0.5, 0.6) is 0 Å². The predicted molar refractivity (Wildman–Crippen MR) is 95.0 cm³/mol. The number of carboxylic acid groups (broad SMARTS) is 1. The van der Waals surface area contributed by atoms with Crippen LogP contribution in [0.15, 0.2) is 41.3 Å². The Morgan fingerprint density at radius 1 is 1.15 bits per heavy atom. The molecule has 0 amide bonds. The Morgan fingerprint density at radius 3 is 2.50 bits per heavy atom. The third kappa shape index (κ3) is 4.52. The molecule has 1 heterocycles. The molecule has 1 aromatic rings. The van der Waals surface area contributed by atoms with Crippen LogP contribution < -0.4 is 5.11 Å². The van der Waals surface area contributed by atoms with Crippen LogP contribution in [0, 0.1) is 5.92 Å². The zero-order chi connectivity index (χ0) is 18.6. The molecule has 7 heteroatoms. The van der Waals surface area contributed by atoms with Crippen molar-refractivity contribution in [2.24, 2.45) is 5.92 Å². The smallest absolute Gasteiger partial charge is 0.243 e. The molecule has 2 atom stereocenters. The lowest BCUT2D eigenvalue weighted by molar-refractivity contribution is -0.255. The fourth-order valence-corrected chi connectivity index (χ4v) is 5.06. The average molecular weight is 378 g/mol. The molecular weight excluding hydrogens is 354 g/mol. The van der Waals surface area contributed by atoms with Gasteiger partial charge in [0.05, 0.1) is 17.0 Å². The first kappa shape index (κ1) is 19.1. The highest BCUT2D eigenvalue weighted by Gasteiger charge is 2.31. The Balaban J connectivity index is 1.82. The lowest BCUT2D eigenvalue weighted by atomic mass is 9.94. The Hall–Kier alpha value is -1.70. The molecule has 142 valence electrons. The lowest BCUT2D eigenvalue weighted by Gasteiger charge is -2.29. The van der Waals surface area contributed by atoms with Gasteiger partial charge in [0.1, 0.15) is 0 Å².